The van der Waals surface area contributed by atoms with Crippen LogP contribution in [0.25, 0.3) is 10.9 Å². The van der Waals surface area contributed by atoms with Crippen molar-refractivity contribution >= 4 is 16.8 Å². The molecule has 3 rings (SSSR count). The minimum Gasteiger partial charge on any atom is -0.361 e. The van der Waals surface area contributed by atoms with Crippen LogP contribution in [0.15, 0.2) is 30.7 Å². The quantitative estimate of drug-likeness (QED) is 0.640. The third kappa shape index (κ3) is 2.72. The summed E-state index contributed by atoms with van der Waals surface area (Å²) in [5, 5.41) is 1.68. The highest BCUT2D eigenvalue weighted by molar-refractivity contribution is 5.94. The molecule has 3 N–H and O–H groups in total. The Morgan fingerprint density at radius 2 is 2.04 bits per heavy atom. The lowest BCUT2D eigenvalue weighted by Gasteiger charge is -2.21. The maximum absolute atomic E-state index is 14.0. The normalized spacial score (nSPS) is 13.2. The molecule has 0 spiro atoms. The summed E-state index contributed by atoms with van der Waals surface area (Å²) in [4.78, 5) is 21.0. The second-order valence-electron chi connectivity index (χ2n) is 5.23. The molecule has 0 saturated carbocycles. The molecule has 0 radical (unpaired) electrons. The number of hydrogen-bond acceptors (Lipinski definition) is 2. The third-order valence-corrected chi connectivity index (χ3v) is 3.64. The van der Waals surface area contributed by atoms with Gasteiger partial charge in [0.05, 0.1) is 6.33 Å². The molecule has 126 valence electrons. The van der Waals surface area contributed by atoms with Crippen molar-refractivity contribution in [3.05, 3.63) is 53.5 Å². The van der Waals surface area contributed by atoms with Crippen LogP contribution in [0, 0.1) is 12.7 Å². The monoisotopic (exact) mass is 340 g/mol. The van der Waals surface area contributed by atoms with E-state index in [-0.39, 0.29) is 16.6 Å². The Morgan fingerprint density at radius 1 is 1.29 bits per heavy atom. The van der Waals surface area contributed by atoms with E-state index in [0.717, 1.165) is 12.3 Å². The van der Waals surface area contributed by atoms with Gasteiger partial charge in [-0.15, -0.1) is 0 Å². The number of aromatic nitrogens is 3. The maximum Gasteiger partial charge on any atom is 0.412 e. The number of H-pyrrole nitrogens is 2. The lowest BCUT2D eigenvalue weighted by Crippen LogP contribution is -2.38. The van der Waals surface area contributed by atoms with Crippen LogP contribution in [0.3, 0.4) is 0 Å². The first-order valence-corrected chi connectivity index (χ1v) is 6.92. The summed E-state index contributed by atoms with van der Waals surface area (Å²) in [6.45, 7) is 1.51. The lowest BCUT2D eigenvalue weighted by atomic mass is 10.0. The highest BCUT2D eigenvalue weighted by atomic mass is 19.4. The molecule has 1 amide bonds. The topological polar surface area (TPSA) is 73.6 Å². The van der Waals surface area contributed by atoms with Crippen molar-refractivity contribution in [1.82, 2.24) is 20.3 Å². The number of nitrogens with zero attached hydrogens (tertiary/aromatic N) is 1. The van der Waals surface area contributed by atoms with Crippen molar-refractivity contribution in [3.8, 4) is 0 Å². The predicted octanol–water partition coefficient (Wildman–Crippen LogP) is 3.37. The fraction of sp³-hybridized carbons (Fsp3) is 0.200. The number of carbonyl (C=O) groups is 1. The van der Waals surface area contributed by atoms with Crippen LogP contribution in [0.4, 0.5) is 17.6 Å². The fourth-order valence-electron chi connectivity index (χ4n) is 2.52. The van der Waals surface area contributed by atoms with Gasteiger partial charge in [0.25, 0.3) is 5.91 Å². The molecule has 1 unspecified atom stereocenters. The molecule has 0 fully saturated rings. The van der Waals surface area contributed by atoms with E-state index in [4.69, 9.17) is 0 Å². The maximum atomic E-state index is 14.0. The highest BCUT2D eigenvalue weighted by Gasteiger charge is 2.44. The van der Waals surface area contributed by atoms with Gasteiger partial charge in [-0.05, 0) is 19.1 Å². The first-order chi connectivity index (χ1) is 11.3. The molecule has 9 heteroatoms. The van der Waals surface area contributed by atoms with Gasteiger partial charge in [0.2, 0.25) is 0 Å². The fourth-order valence-corrected chi connectivity index (χ4v) is 2.52. The molecule has 0 aliphatic heterocycles. The molecule has 1 aromatic carbocycles. The summed E-state index contributed by atoms with van der Waals surface area (Å²) in [5.74, 6) is -1.80. The van der Waals surface area contributed by atoms with E-state index in [0.29, 0.717) is 5.69 Å². The van der Waals surface area contributed by atoms with Gasteiger partial charge in [0.1, 0.15) is 11.5 Å². The number of benzene rings is 1. The van der Waals surface area contributed by atoms with Crippen LogP contribution >= 0.6 is 0 Å². The molecule has 2 heterocycles. The van der Waals surface area contributed by atoms with E-state index in [2.05, 4.69) is 15.0 Å². The number of hydrogen-bond donors (Lipinski definition) is 3. The standard InChI is InChI=1S/C15H12F4N4O/c1-7-12(22-6-21-7)14(24)23-13(15(17,18)19)8-5-20-10-4-2-3-9(16)11(8)10/h2-6,13,20H,1H3,(H,21,22)(H,23,24). The molecule has 0 aliphatic carbocycles. The number of halogens is 4. The Balaban J connectivity index is 2.04. The Kier molecular flexibility index (Phi) is 3.78. The number of nitrogens with one attached hydrogen (secondary N) is 3. The van der Waals surface area contributed by atoms with Gasteiger partial charge in [0.15, 0.2) is 6.04 Å². The van der Waals surface area contributed by atoms with Gasteiger partial charge in [0, 0.05) is 28.4 Å². The number of aryl methyl sites for hydroxylation is 1. The lowest BCUT2D eigenvalue weighted by molar-refractivity contribution is -0.155. The van der Waals surface area contributed by atoms with Crippen molar-refractivity contribution in [1.29, 1.82) is 0 Å². The minimum absolute atomic E-state index is 0.149. The summed E-state index contributed by atoms with van der Waals surface area (Å²) in [7, 11) is 0. The Bertz CT molecular complexity index is 896. The van der Waals surface area contributed by atoms with E-state index < -0.39 is 29.5 Å². The van der Waals surface area contributed by atoms with E-state index in [1.54, 1.807) is 0 Å². The molecule has 1 atom stereocenters. The molecule has 3 aromatic rings. The van der Waals surface area contributed by atoms with Crippen molar-refractivity contribution < 1.29 is 22.4 Å². The van der Waals surface area contributed by atoms with Gasteiger partial charge in [-0.1, -0.05) is 6.07 Å². The van der Waals surface area contributed by atoms with Gasteiger partial charge in [-0.25, -0.2) is 9.37 Å². The SMILES string of the molecule is Cc1[nH]cnc1C(=O)NC(c1c[nH]c2cccc(F)c12)C(F)(F)F. The summed E-state index contributed by atoms with van der Waals surface area (Å²) >= 11 is 0. The number of rotatable bonds is 3. The number of aromatic amines is 2. The zero-order chi connectivity index (χ0) is 17.5. The second-order valence-corrected chi connectivity index (χ2v) is 5.23. The van der Waals surface area contributed by atoms with Gasteiger partial charge < -0.3 is 15.3 Å². The molecule has 0 bridgehead atoms. The third-order valence-electron chi connectivity index (χ3n) is 3.64. The molecule has 24 heavy (non-hydrogen) atoms. The van der Waals surface area contributed by atoms with Crippen LogP contribution < -0.4 is 5.32 Å². The van der Waals surface area contributed by atoms with E-state index in [1.165, 1.54) is 25.4 Å². The van der Waals surface area contributed by atoms with Crippen molar-refractivity contribution in [2.75, 3.05) is 0 Å². The first kappa shape index (κ1) is 16.0. The highest BCUT2D eigenvalue weighted by Crippen LogP contribution is 2.37. The molecular formula is C15H12F4N4O. The largest absolute Gasteiger partial charge is 0.412 e. The Hall–Kier alpha value is -2.84. The van der Waals surface area contributed by atoms with Gasteiger partial charge in [-0.3, -0.25) is 4.79 Å². The summed E-state index contributed by atoms with van der Waals surface area (Å²) in [5.41, 5.74) is 0.00434. The van der Waals surface area contributed by atoms with Crippen molar-refractivity contribution in [2.45, 2.75) is 19.1 Å². The average molecular weight is 340 g/mol. The van der Waals surface area contributed by atoms with Gasteiger partial charge >= 0.3 is 6.18 Å². The van der Waals surface area contributed by atoms with Crippen molar-refractivity contribution in [2.24, 2.45) is 0 Å². The van der Waals surface area contributed by atoms with Crippen LogP contribution in [-0.4, -0.2) is 27.0 Å². The molecule has 5 nitrogen and oxygen atoms in total. The van der Waals surface area contributed by atoms with Gasteiger partial charge in [-0.2, -0.15) is 13.2 Å². The van der Waals surface area contributed by atoms with Crippen LogP contribution in [0.5, 0.6) is 0 Å². The molecule has 0 aliphatic rings. The molecule has 2 aromatic heterocycles. The predicted molar refractivity (Wildman–Crippen MR) is 77.8 cm³/mol. The Morgan fingerprint density at radius 3 is 2.67 bits per heavy atom. The first-order valence-electron chi connectivity index (χ1n) is 6.92. The molecule has 0 saturated heterocycles. The zero-order valence-corrected chi connectivity index (χ0v) is 12.3. The number of carbonyl (C=O) groups excluding carboxylic acids is 1. The summed E-state index contributed by atoms with van der Waals surface area (Å²) in [6.07, 6.45) is -2.56. The number of fused-ring (bicyclic) bond motifs is 1. The van der Waals surface area contributed by atoms with Crippen molar-refractivity contribution in [3.63, 3.8) is 0 Å². The second kappa shape index (κ2) is 5.66. The number of imidazole rings is 1. The van der Waals surface area contributed by atoms with E-state index in [9.17, 15) is 22.4 Å². The summed E-state index contributed by atoms with van der Waals surface area (Å²) < 4.78 is 54.4. The van der Waals surface area contributed by atoms with Crippen LogP contribution in [-0.2, 0) is 0 Å². The zero-order valence-electron chi connectivity index (χ0n) is 12.3. The number of alkyl halides is 3. The molecular weight excluding hydrogens is 328 g/mol. The van der Waals surface area contributed by atoms with E-state index in [1.807, 2.05) is 5.32 Å². The summed E-state index contributed by atoms with van der Waals surface area (Å²) in [6, 6.07) is 1.53. The van der Waals surface area contributed by atoms with E-state index >= 15 is 0 Å². The average Bonchev–Trinajstić information content (AvgIpc) is 3.10. The minimum atomic E-state index is -4.81. The smallest absolute Gasteiger partial charge is 0.361 e. The van der Waals surface area contributed by atoms with Crippen LogP contribution in [0.1, 0.15) is 27.8 Å². The Labute approximate surface area is 133 Å². The number of amides is 1. The van der Waals surface area contributed by atoms with Crippen LogP contribution in [0.2, 0.25) is 0 Å².